The van der Waals surface area contributed by atoms with Gasteiger partial charge in [-0.1, -0.05) is 18.5 Å². The van der Waals surface area contributed by atoms with Crippen LogP contribution in [0.15, 0.2) is 6.20 Å². The van der Waals surface area contributed by atoms with Gasteiger partial charge in [-0.3, -0.25) is 10.1 Å². The summed E-state index contributed by atoms with van der Waals surface area (Å²) in [4.78, 5) is 15.3. The standard InChI is InChI=1S/C9H14ClN3OS/c1-3-5(2)13-7(8(11)14)9-12-4-6(10)15-9/h4-5,7,13H,3H2,1-2H3,(H2,11,14). The summed E-state index contributed by atoms with van der Waals surface area (Å²) in [6, 6.07) is -0.331. The van der Waals surface area contributed by atoms with E-state index in [1.54, 1.807) is 0 Å². The zero-order valence-electron chi connectivity index (χ0n) is 8.66. The maximum atomic E-state index is 11.2. The van der Waals surface area contributed by atoms with Gasteiger partial charge < -0.3 is 5.73 Å². The summed E-state index contributed by atoms with van der Waals surface area (Å²) >= 11 is 7.02. The van der Waals surface area contributed by atoms with Crippen LogP contribution in [-0.2, 0) is 4.79 Å². The number of carbonyl (C=O) groups is 1. The van der Waals surface area contributed by atoms with E-state index in [0.29, 0.717) is 9.34 Å². The number of nitrogens with zero attached hydrogens (tertiary/aromatic N) is 1. The van der Waals surface area contributed by atoms with Crippen LogP contribution < -0.4 is 11.1 Å². The zero-order valence-corrected chi connectivity index (χ0v) is 10.2. The van der Waals surface area contributed by atoms with Crippen LogP contribution in [0.5, 0.6) is 0 Å². The van der Waals surface area contributed by atoms with Crippen molar-refractivity contribution in [3.63, 3.8) is 0 Å². The molecule has 2 unspecified atom stereocenters. The van der Waals surface area contributed by atoms with Gasteiger partial charge in [0.25, 0.3) is 0 Å². The van der Waals surface area contributed by atoms with Crippen LogP contribution in [0.25, 0.3) is 0 Å². The third kappa shape index (κ3) is 3.44. The molecule has 15 heavy (non-hydrogen) atoms. The minimum absolute atomic E-state index is 0.213. The quantitative estimate of drug-likeness (QED) is 0.832. The molecule has 0 aliphatic heterocycles. The number of halogens is 1. The van der Waals surface area contributed by atoms with E-state index in [-0.39, 0.29) is 6.04 Å². The number of rotatable bonds is 5. The van der Waals surface area contributed by atoms with Gasteiger partial charge in [-0.15, -0.1) is 11.3 Å². The highest BCUT2D eigenvalue weighted by atomic mass is 35.5. The van der Waals surface area contributed by atoms with Crippen LogP contribution in [0.1, 0.15) is 31.3 Å². The Morgan fingerprint density at radius 3 is 2.87 bits per heavy atom. The molecule has 0 saturated carbocycles. The molecule has 1 heterocycles. The van der Waals surface area contributed by atoms with Gasteiger partial charge in [-0.05, 0) is 13.3 Å². The molecule has 0 saturated heterocycles. The molecule has 0 fully saturated rings. The fraction of sp³-hybridized carbons (Fsp3) is 0.556. The first kappa shape index (κ1) is 12.4. The molecule has 1 amide bonds. The van der Waals surface area contributed by atoms with Crippen molar-refractivity contribution in [2.75, 3.05) is 0 Å². The van der Waals surface area contributed by atoms with Crippen molar-refractivity contribution in [2.24, 2.45) is 5.73 Å². The molecule has 0 radical (unpaired) electrons. The Morgan fingerprint density at radius 1 is 1.80 bits per heavy atom. The van der Waals surface area contributed by atoms with Crippen molar-refractivity contribution < 1.29 is 4.79 Å². The highest BCUT2D eigenvalue weighted by molar-refractivity contribution is 7.16. The van der Waals surface area contributed by atoms with Crippen LogP contribution in [0.3, 0.4) is 0 Å². The maximum absolute atomic E-state index is 11.2. The molecule has 0 aliphatic rings. The Balaban J connectivity index is 2.79. The van der Waals surface area contributed by atoms with Crippen LogP contribution >= 0.6 is 22.9 Å². The number of carbonyl (C=O) groups excluding carboxylic acids is 1. The zero-order chi connectivity index (χ0) is 11.4. The van der Waals surface area contributed by atoms with Crippen LogP contribution in [0, 0.1) is 0 Å². The van der Waals surface area contributed by atoms with E-state index in [4.69, 9.17) is 17.3 Å². The molecule has 6 heteroatoms. The highest BCUT2D eigenvalue weighted by Crippen LogP contribution is 2.24. The number of thiazole rings is 1. The van der Waals surface area contributed by atoms with Gasteiger partial charge in [0, 0.05) is 6.04 Å². The van der Waals surface area contributed by atoms with E-state index in [1.165, 1.54) is 17.5 Å². The smallest absolute Gasteiger partial charge is 0.241 e. The van der Waals surface area contributed by atoms with Crippen molar-refractivity contribution in [1.82, 2.24) is 10.3 Å². The van der Waals surface area contributed by atoms with Gasteiger partial charge in [-0.25, -0.2) is 4.98 Å². The number of amides is 1. The Bertz CT molecular complexity index is 342. The Labute approximate surface area is 97.8 Å². The SMILES string of the molecule is CCC(C)NC(C(N)=O)c1ncc(Cl)s1. The average Bonchev–Trinajstić information content (AvgIpc) is 2.60. The lowest BCUT2D eigenvalue weighted by atomic mass is 10.2. The summed E-state index contributed by atoms with van der Waals surface area (Å²) in [5.41, 5.74) is 5.30. The first-order chi connectivity index (χ1) is 7.04. The third-order valence-electron chi connectivity index (χ3n) is 2.09. The number of aromatic nitrogens is 1. The van der Waals surface area contributed by atoms with Crippen molar-refractivity contribution in [3.8, 4) is 0 Å². The van der Waals surface area contributed by atoms with Gasteiger partial charge in [0.1, 0.15) is 15.4 Å². The van der Waals surface area contributed by atoms with Gasteiger partial charge in [0.2, 0.25) is 5.91 Å². The number of nitrogens with two attached hydrogens (primary N) is 1. The summed E-state index contributed by atoms with van der Waals surface area (Å²) < 4.78 is 0.558. The Hall–Kier alpha value is -0.650. The molecule has 1 aromatic heterocycles. The lowest BCUT2D eigenvalue weighted by Gasteiger charge is -2.17. The average molecular weight is 248 g/mol. The van der Waals surface area contributed by atoms with Crippen molar-refractivity contribution in [1.29, 1.82) is 0 Å². The second-order valence-electron chi connectivity index (χ2n) is 3.31. The highest BCUT2D eigenvalue weighted by Gasteiger charge is 2.22. The molecule has 0 bridgehead atoms. The summed E-state index contributed by atoms with van der Waals surface area (Å²) in [7, 11) is 0. The number of hydrogen-bond donors (Lipinski definition) is 2. The first-order valence-electron chi connectivity index (χ1n) is 4.71. The second kappa shape index (κ2) is 5.44. The number of nitrogens with one attached hydrogen (secondary N) is 1. The molecule has 1 aromatic rings. The summed E-state index contributed by atoms with van der Waals surface area (Å²) in [6.07, 6.45) is 2.44. The molecular formula is C9H14ClN3OS. The lowest BCUT2D eigenvalue weighted by Crippen LogP contribution is -2.38. The monoisotopic (exact) mass is 247 g/mol. The van der Waals surface area contributed by atoms with Gasteiger partial charge in [0.05, 0.1) is 6.20 Å². The van der Waals surface area contributed by atoms with Crippen molar-refractivity contribution >= 4 is 28.8 Å². The molecule has 4 nitrogen and oxygen atoms in total. The predicted molar refractivity (Wildman–Crippen MR) is 61.9 cm³/mol. The summed E-state index contributed by atoms with van der Waals surface area (Å²) in [5, 5.41) is 3.73. The molecule has 0 aromatic carbocycles. The molecule has 1 rings (SSSR count). The van der Waals surface area contributed by atoms with Gasteiger partial charge >= 0.3 is 0 Å². The van der Waals surface area contributed by atoms with Crippen LogP contribution in [0.2, 0.25) is 4.34 Å². The largest absolute Gasteiger partial charge is 0.368 e. The first-order valence-corrected chi connectivity index (χ1v) is 5.90. The molecule has 0 spiro atoms. The second-order valence-corrected chi connectivity index (χ2v) is 5.01. The van der Waals surface area contributed by atoms with E-state index in [0.717, 1.165) is 6.42 Å². The van der Waals surface area contributed by atoms with Crippen LogP contribution in [0.4, 0.5) is 0 Å². The summed E-state index contributed by atoms with van der Waals surface area (Å²) in [6.45, 7) is 4.02. The topological polar surface area (TPSA) is 68.0 Å². The van der Waals surface area contributed by atoms with Gasteiger partial charge in [-0.2, -0.15) is 0 Å². The minimum atomic E-state index is -0.544. The Kier molecular flexibility index (Phi) is 4.50. The molecule has 3 N–H and O–H groups in total. The predicted octanol–water partition coefficient (Wildman–Crippen LogP) is 1.71. The maximum Gasteiger partial charge on any atom is 0.241 e. The molecular weight excluding hydrogens is 234 g/mol. The van der Waals surface area contributed by atoms with E-state index in [9.17, 15) is 4.79 Å². The van der Waals surface area contributed by atoms with E-state index < -0.39 is 11.9 Å². The molecule has 84 valence electrons. The van der Waals surface area contributed by atoms with Crippen molar-refractivity contribution in [3.05, 3.63) is 15.5 Å². The fourth-order valence-corrected chi connectivity index (χ4v) is 2.08. The molecule has 0 aliphatic carbocycles. The van der Waals surface area contributed by atoms with Gasteiger partial charge in [0.15, 0.2) is 0 Å². The number of hydrogen-bond acceptors (Lipinski definition) is 4. The minimum Gasteiger partial charge on any atom is -0.368 e. The lowest BCUT2D eigenvalue weighted by molar-refractivity contribution is -0.120. The fourth-order valence-electron chi connectivity index (χ4n) is 1.08. The van der Waals surface area contributed by atoms with E-state index in [1.807, 2.05) is 13.8 Å². The van der Waals surface area contributed by atoms with Crippen molar-refractivity contribution in [2.45, 2.75) is 32.4 Å². The van der Waals surface area contributed by atoms with E-state index in [2.05, 4.69) is 10.3 Å². The normalized spacial score (nSPS) is 14.9. The van der Waals surface area contributed by atoms with E-state index >= 15 is 0 Å². The van der Waals surface area contributed by atoms with Crippen LogP contribution in [-0.4, -0.2) is 16.9 Å². The Morgan fingerprint density at radius 2 is 2.47 bits per heavy atom. The third-order valence-corrected chi connectivity index (χ3v) is 3.27. The molecule has 2 atom stereocenters. The number of primary amides is 1. The summed E-state index contributed by atoms with van der Waals surface area (Å²) in [5.74, 6) is -0.429.